The number of carbonyl (C=O) groups excluding carboxylic acids is 2. The van der Waals surface area contributed by atoms with Crippen molar-refractivity contribution in [3.8, 4) is 17.6 Å². The van der Waals surface area contributed by atoms with Crippen LogP contribution in [-0.4, -0.2) is 55.2 Å². The van der Waals surface area contributed by atoms with Crippen LogP contribution in [0.15, 0.2) is 52.9 Å². The topological polar surface area (TPSA) is 95.2 Å². The van der Waals surface area contributed by atoms with Gasteiger partial charge in [0.2, 0.25) is 12.3 Å². The van der Waals surface area contributed by atoms with Crippen molar-refractivity contribution >= 4 is 29.2 Å². The lowest BCUT2D eigenvalue weighted by Crippen LogP contribution is -2.25. The third kappa shape index (κ3) is 5.71. The van der Waals surface area contributed by atoms with Gasteiger partial charge in [-0.2, -0.15) is 0 Å². The molecule has 1 saturated heterocycles. The van der Waals surface area contributed by atoms with Gasteiger partial charge in [0.25, 0.3) is 5.91 Å². The van der Waals surface area contributed by atoms with E-state index in [0.29, 0.717) is 35.6 Å². The van der Waals surface area contributed by atoms with Crippen molar-refractivity contribution in [2.45, 2.75) is 12.8 Å². The van der Waals surface area contributed by atoms with Gasteiger partial charge in [0, 0.05) is 29.1 Å². The van der Waals surface area contributed by atoms with E-state index in [0.717, 1.165) is 30.8 Å². The van der Waals surface area contributed by atoms with Crippen molar-refractivity contribution in [1.29, 1.82) is 0 Å². The Morgan fingerprint density at radius 3 is 2.70 bits per heavy atom. The Morgan fingerprint density at radius 2 is 1.97 bits per heavy atom. The molecule has 0 unspecified atom stereocenters. The van der Waals surface area contributed by atoms with Crippen molar-refractivity contribution in [2.24, 2.45) is 0 Å². The first-order valence-electron chi connectivity index (χ1n) is 10.8. The second-order valence-corrected chi connectivity index (χ2v) is 7.73. The standard InChI is InChI=1S/C25H25N3O5/c29-18-28(13-3-4-19-5-7-20(8-6-19)25(30)26-31)24-17-21-16-22(9-10-23(21)33-24)32-15-14-27-11-1-2-12-27/h5-10,16-18,31H,1-2,11-15H2,(H,26,30). The van der Waals surface area contributed by atoms with Gasteiger partial charge >= 0.3 is 0 Å². The predicted molar refractivity (Wildman–Crippen MR) is 123 cm³/mol. The number of nitrogens with one attached hydrogen (secondary N) is 1. The molecule has 8 nitrogen and oxygen atoms in total. The van der Waals surface area contributed by atoms with Crippen LogP contribution in [0.5, 0.6) is 5.75 Å². The summed E-state index contributed by atoms with van der Waals surface area (Å²) < 4.78 is 11.7. The van der Waals surface area contributed by atoms with Crippen LogP contribution in [0, 0.1) is 11.8 Å². The van der Waals surface area contributed by atoms with Crippen molar-refractivity contribution in [2.75, 3.05) is 37.7 Å². The minimum atomic E-state index is -0.591. The number of rotatable bonds is 8. The molecule has 2 aromatic carbocycles. The highest BCUT2D eigenvalue weighted by Gasteiger charge is 2.13. The van der Waals surface area contributed by atoms with Crippen LogP contribution in [0.2, 0.25) is 0 Å². The van der Waals surface area contributed by atoms with Gasteiger partial charge in [0.15, 0.2) is 0 Å². The van der Waals surface area contributed by atoms with Crippen molar-refractivity contribution in [3.05, 3.63) is 59.7 Å². The lowest BCUT2D eigenvalue weighted by atomic mass is 10.1. The Labute approximate surface area is 191 Å². The minimum Gasteiger partial charge on any atom is -0.492 e. The number of ether oxygens (including phenoxy) is 1. The normalized spacial score (nSPS) is 13.4. The number of hydrogen-bond acceptors (Lipinski definition) is 6. The summed E-state index contributed by atoms with van der Waals surface area (Å²) in [6.45, 7) is 3.98. The summed E-state index contributed by atoms with van der Waals surface area (Å²) in [5.41, 5.74) is 3.24. The highest BCUT2D eigenvalue weighted by atomic mass is 16.5. The van der Waals surface area contributed by atoms with Crippen LogP contribution in [0.4, 0.5) is 5.88 Å². The Hall–Kier alpha value is -3.80. The van der Waals surface area contributed by atoms with E-state index in [1.54, 1.807) is 35.8 Å². The maximum Gasteiger partial charge on any atom is 0.274 e. The van der Waals surface area contributed by atoms with E-state index in [-0.39, 0.29) is 6.54 Å². The molecule has 4 rings (SSSR count). The quantitative estimate of drug-likeness (QED) is 0.239. The number of hydrogen-bond donors (Lipinski definition) is 2. The number of fused-ring (bicyclic) bond motifs is 1. The maximum absolute atomic E-state index is 11.6. The summed E-state index contributed by atoms with van der Waals surface area (Å²) in [7, 11) is 0. The number of carbonyl (C=O) groups is 2. The summed E-state index contributed by atoms with van der Waals surface area (Å²) in [5.74, 6) is 6.45. The molecule has 3 aromatic rings. The van der Waals surface area contributed by atoms with Gasteiger partial charge in [-0.1, -0.05) is 11.8 Å². The smallest absolute Gasteiger partial charge is 0.274 e. The Balaban J connectivity index is 1.38. The number of benzene rings is 2. The van der Waals surface area contributed by atoms with Gasteiger partial charge < -0.3 is 9.15 Å². The molecule has 0 bridgehead atoms. The van der Waals surface area contributed by atoms with E-state index in [9.17, 15) is 9.59 Å². The molecule has 0 atom stereocenters. The maximum atomic E-state index is 11.6. The summed E-state index contributed by atoms with van der Waals surface area (Å²) in [4.78, 5) is 26.8. The van der Waals surface area contributed by atoms with Crippen molar-refractivity contribution < 1.29 is 24.0 Å². The molecular formula is C25H25N3O5. The number of anilines is 1. The van der Waals surface area contributed by atoms with Crippen LogP contribution < -0.4 is 15.1 Å². The molecule has 1 aliphatic heterocycles. The van der Waals surface area contributed by atoms with Crippen LogP contribution in [0.3, 0.4) is 0 Å². The zero-order valence-electron chi connectivity index (χ0n) is 18.1. The molecule has 170 valence electrons. The van der Waals surface area contributed by atoms with E-state index in [1.165, 1.54) is 17.7 Å². The molecule has 1 aliphatic rings. The molecule has 0 spiro atoms. The number of nitrogens with zero attached hydrogens (tertiary/aromatic N) is 2. The number of likely N-dealkylation sites (tertiary alicyclic amines) is 1. The zero-order chi connectivity index (χ0) is 23.0. The molecule has 0 radical (unpaired) electrons. The molecule has 2 N–H and O–H groups in total. The molecular weight excluding hydrogens is 422 g/mol. The fourth-order valence-electron chi connectivity index (χ4n) is 3.70. The Morgan fingerprint density at radius 1 is 1.18 bits per heavy atom. The molecule has 0 saturated carbocycles. The fraction of sp³-hybridized carbons (Fsp3) is 0.280. The molecule has 0 aliphatic carbocycles. The van der Waals surface area contributed by atoms with Crippen LogP contribution >= 0.6 is 0 Å². The van der Waals surface area contributed by atoms with Gasteiger partial charge in [-0.25, -0.2) is 5.48 Å². The second kappa shape index (κ2) is 10.7. The van der Waals surface area contributed by atoms with Crippen LogP contribution in [0.25, 0.3) is 11.0 Å². The lowest BCUT2D eigenvalue weighted by molar-refractivity contribution is -0.107. The number of amides is 2. The van der Waals surface area contributed by atoms with E-state index >= 15 is 0 Å². The third-order valence-corrected chi connectivity index (χ3v) is 5.49. The Bertz CT molecular complexity index is 1170. The number of furan rings is 1. The SMILES string of the molecule is O=CN(CC#Cc1ccc(C(=O)NO)cc1)c1cc2cc(OCCN3CCCC3)ccc2o1. The average Bonchev–Trinajstić information content (AvgIpc) is 3.51. The van der Waals surface area contributed by atoms with E-state index in [2.05, 4.69) is 16.7 Å². The first-order valence-corrected chi connectivity index (χ1v) is 10.8. The van der Waals surface area contributed by atoms with Gasteiger partial charge in [-0.3, -0.25) is 24.6 Å². The molecule has 33 heavy (non-hydrogen) atoms. The molecule has 1 fully saturated rings. The number of hydroxylamine groups is 1. The van der Waals surface area contributed by atoms with Crippen molar-refractivity contribution in [1.82, 2.24) is 10.4 Å². The van der Waals surface area contributed by atoms with E-state index in [1.807, 2.05) is 18.2 Å². The summed E-state index contributed by atoms with van der Waals surface area (Å²) in [6, 6.07) is 13.8. The summed E-state index contributed by atoms with van der Waals surface area (Å²) in [6.07, 6.45) is 3.20. The largest absolute Gasteiger partial charge is 0.492 e. The zero-order valence-corrected chi connectivity index (χ0v) is 18.1. The Kier molecular flexibility index (Phi) is 7.25. The van der Waals surface area contributed by atoms with Crippen LogP contribution in [0.1, 0.15) is 28.8 Å². The summed E-state index contributed by atoms with van der Waals surface area (Å²) in [5, 5.41) is 9.51. The van der Waals surface area contributed by atoms with Crippen LogP contribution in [-0.2, 0) is 4.79 Å². The van der Waals surface area contributed by atoms with Gasteiger partial charge in [0.1, 0.15) is 17.9 Å². The van der Waals surface area contributed by atoms with Gasteiger partial charge in [-0.15, -0.1) is 0 Å². The highest BCUT2D eigenvalue weighted by molar-refractivity contribution is 5.93. The average molecular weight is 447 g/mol. The monoisotopic (exact) mass is 447 g/mol. The third-order valence-electron chi connectivity index (χ3n) is 5.49. The fourth-order valence-corrected chi connectivity index (χ4v) is 3.70. The predicted octanol–water partition coefficient (Wildman–Crippen LogP) is 3.04. The summed E-state index contributed by atoms with van der Waals surface area (Å²) >= 11 is 0. The first kappa shape index (κ1) is 22.4. The molecule has 1 aromatic heterocycles. The highest BCUT2D eigenvalue weighted by Crippen LogP contribution is 2.28. The van der Waals surface area contributed by atoms with Crippen molar-refractivity contribution in [3.63, 3.8) is 0 Å². The second-order valence-electron chi connectivity index (χ2n) is 7.73. The van der Waals surface area contributed by atoms with E-state index < -0.39 is 5.91 Å². The lowest BCUT2D eigenvalue weighted by Gasteiger charge is -2.14. The molecule has 8 heteroatoms. The van der Waals surface area contributed by atoms with Gasteiger partial charge in [0.05, 0.1) is 6.54 Å². The minimum absolute atomic E-state index is 0.140. The van der Waals surface area contributed by atoms with Gasteiger partial charge in [-0.05, 0) is 68.4 Å². The molecule has 2 heterocycles. The van der Waals surface area contributed by atoms with E-state index in [4.69, 9.17) is 14.4 Å². The molecule has 2 amide bonds. The first-order chi connectivity index (χ1) is 16.2.